The molecule has 0 saturated carbocycles. The van der Waals surface area contributed by atoms with Crippen molar-refractivity contribution in [1.29, 1.82) is 5.26 Å². The molecule has 36 heavy (non-hydrogen) atoms. The van der Waals surface area contributed by atoms with Crippen molar-refractivity contribution < 1.29 is 14.3 Å². The Balaban J connectivity index is 1.37. The molecule has 10 nitrogen and oxygen atoms in total. The Kier molecular flexibility index (Phi) is 7.61. The molecule has 1 saturated heterocycles. The number of aryl methyl sites for hydroxylation is 1. The number of nitrogens with zero attached hydrogens (tertiary/aromatic N) is 5. The number of benzene rings is 1. The number of anilines is 1. The number of ether oxygens (including phenoxy) is 1. The summed E-state index contributed by atoms with van der Waals surface area (Å²) in [6.07, 6.45) is 4.98. The molecule has 3 aromatic rings. The summed E-state index contributed by atoms with van der Waals surface area (Å²) >= 11 is 0. The van der Waals surface area contributed by atoms with E-state index < -0.39 is 6.04 Å². The summed E-state index contributed by atoms with van der Waals surface area (Å²) in [6, 6.07) is 12.4. The van der Waals surface area contributed by atoms with Crippen molar-refractivity contribution in [2.45, 2.75) is 31.9 Å². The van der Waals surface area contributed by atoms with Gasteiger partial charge in [0.2, 0.25) is 11.8 Å². The zero-order valence-electron chi connectivity index (χ0n) is 20.5. The molecule has 2 aromatic heterocycles. The molecule has 2 N–H and O–H groups in total. The van der Waals surface area contributed by atoms with Gasteiger partial charge in [-0.2, -0.15) is 10.4 Å². The van der Waals surface area contributed by atoms with E-state index >= 15 is 0 Å². The van der Waals surface area contributed by atoms with Gasteiger partial charge in [-0.25, -0.2) is 4.98 Å². The van der Waals surface area contributed by atoms with Gasteiger partial charge in [0.25, 0.3) is 0 Å². The van der Waals surface area contributed by atoms with Crippen LogP contribution in [0.15, 0.2) is 55.0 Å². The molecule has 0 radical (unpaired) electrons. The van der Waals surface area contributed by atoms with E-state index in [0.717, 1.165) is 11.1 Å². The van der Waals surface area contributed by atoms with Gasteiger partial charge in [-0.3, -0.25) is 14.3 Å². The van der Waals surface area contributed by atoms with E-state index in [4.69, 9.17) is 10.00 Å². The van der Waals surface area contributed by atoms with E-state index in [0.29, 0.717) is 36.8 Å². The van der Waals surface area contributed by atoms with Crippen LogP contribution in [0, 0.1) is 11.3 Å². The van der Waals surface area contributed by atoms with Crippen LogP contribution in [0.3, 0.4) is 0 Å². The number of hydrogen-bond acceptors (Lipinski definition) is 7. The second-order valence-corrected chi connectivity index (χ2v) is 8.96. The van der Waals surface area contributed by atoms with E-state index in [9.17, 15) is 9.59 Å². The SMILES string of the molecule is CC(=O)N1CC(Oc2ccc(NC(=O)[C@@H](NC[C@@H](C)c3ccc(C#N)cc3)c3cnn(C)c3)nc2)C1. The van der Waals surface area contributed by atoms with Gasteiger partial charge < -0.3 is 20.3 Å². The van der Waals surface area contributed by atoms with Crippen LogP contribution in [0.25, 0.3) is 0 Å². The second kappa shape index (κ2) is 11.0. The van der Waals surface area contributed by atoms with Crippen LogP contribution in [0.2, 0.25) is 0 Å². The first-order valence-electron chi connectivity index (χ1n) is 11.7. The molecule has 0 aliphatic carbocycles. The van der Waals surface area contributed by atoms with Crippen molar-refractivity contribution >= 4 is 17.6 Å². The number of amides is 2. The molecule has 10 heteroatoms. The predicted octanol–water partition coefficient (Wildman–Crippen LogP) is 2.37. The van der Waals surface area contributed by atoms with Crippen LogP contribution >= 0.6 is 0 Å². The summed E-state index contributed by atoms with van der Waals surface area (Å²) in [7, 11) is 1.80. The van der Waals surface area contributed by atoms with Gasteiger partial charge in [-0.15, -0.1) is 0 Å². The largest absolute Gasteiger partial charge is 0.485 e. The van der Waals surface area contributed by atoms with Crippen LogP contribution in [0.4, 0.5) is 5.82 Å². The lowest BCUT2D eigenvalue weighted by atomic mass is 9.99. The minimum absolute atomic E-state index is 0.0362. The number of carbonyl (C=O) groups is 2. The number of nitriles is 1. The Labute approximate surface area is 209 Å². The Morgan fingerprint density at radius 3 is 2.50 bits per heavy atom. The maximum atomic E-state index is 13.2. The number of carbonyl (C=O) groups excluding carboxylic acids is 2. The first-order valence-corrected chi connectivity index (χ1v) is 11.7. The molecule has 0 unspecified atom stereocenters. The molecule has 4 rings (SSSR count). The zero-order valence-corrected chi connectivity index (χ0v) is 20.5. The number of pyridine rings is 1. The molecule has 1 fully saturated rings. The fourth-order valence-electron chi connectivity index (χ4n) is 3.93. The van der Waals surface area contributed by atoms with Gasteiger partial charge in [0.05, 0.1) is 37.1 Å². The van der Waals surface area contributed by atoms with E-state index in [2.05, 4.69) is 33.7 Å². The Bertz CT molecular complexity index is 1240. The Morgan fingerprint density at radius 1 is 1.17 bits per heavy atom. The number of rotatable bonds is 9. The van der Waals surface area contributed by atoms with E-state index in [1.54, 1.807) is 59.5 Å². The third kappa shape index (κ3) is 6.06. The van der Waals surface area contributed by atoms with Gasteiger partial charge in [-0.05, 0) is 35.7 Å². The summed E-state index contributed by atoms with van der Waals surface area (Å²) in [5, 5.41) is 19.4. The Morgan fingerprint density at radius 2 is 1.92 bits per heavy atom. The van der Waals surface area contributed by atoms with Gasteiger partial charge in [0, 0.05) is 32.3 Å². The summed E-state index contributed by atoms with van der Waals surface area (Å²) in [6.45, 7) is 5.26. The third-order valence-electron chi connectivity index (χ3n) is 6.14. The number of nitrogens with one attached hydrogen (secondary N) is 2. The average molecular weight is 488 g/mol. The van der Waals surface area contributed by atoms with Crippen molar-refractivity contribution in [3.05, 3.63) is 71.7 Å². The molecule has 1 aliphatic rings. The molecular weight excluding hydrogens is 458 g/mol. The highest BCUT2D eigenvalue weighted by Crippen LogP contribution is 2.21. The fourth-order valence-corrected chi connectivity index (χ4v) is 3.93. The van der Waals surface area contributed by atoms with Crippen LogP contribution in [0.1, 0.15) is 42.5 Å². The van der Waals surface area contributed by atoms with Crippen molar-refractivity contribution in [3.8, 4) is 11.8 Å². The molecule has 2 atom stereocenters. The topological polar surface area (TPSA) is 125 Å². The molecule has 1 aromatic carbocycles. The summed E-state index contributed by atoms with van der Waals surface area (Å²) in [4.78, 5) is 30.5. The molecule has 0 bridgehead atoms. The average Bonchev–Trinajstić information content (AvgIpc) is 3.27. The fraction of sp³-hybridized carbons (Fsp3) is 0.346. The van der Waals surface area contributed by atoms with Gasteiger partial charge in [-0.1, -0.05) is 19.1 Å². The van der Waals surface area contributed by atoms with Crippen LogP contribution in [-0.4, -0.2) is 57.2 Å². The number of likely N-dealkylation sites (tertiary alicyclic amines) is 1. The quantitative estimate of drug-likeness (QED) is 0.475. The van der Waals surface area contributed by atoms with Gasteiger partial charge in [0.15, 0.2) is 0 Å². The molecule has 2 amide bonds. The highest BCUT2D eigenvalue weighted by molar-refractivity contribution is 5.94. The van der Waals surface area contributed by atoms with Gasteiger partial charge in [0.1, 0.15) is 23.7 Å². The van der Waals surface area contributed by atoms with Crippen molar-refractivity contribution in [1.82, 2.24) is 25.0 Å². The first-order chi connectivity index (χ1) is 17.3. The van der Waals surface area contributed by atoms with E-state index in [1.807, 2.05) is 12.1 Å². The Hall–Kier alpha value is -4.23. The predicted molar refractivity (Wildman–Crippen MR) is 133 cm³/mol. The van der Waals surface area contributed by atoms with E-state index in [-0.39, 0.29) is 23.8 Å². The zero-order chi connectivity index (χ0) is 25.7. The standard InChI is InChI=1S/C26H29N7O3/c1-17(20-6-4-19(10-27)5-7-20)11-29-25(21-12-30-32(3)14-21)26(35)31-24-9-8-22(13-28-24)36-23-15-33(16-23)18(2)34/h4-9,12-14,17,23,25,29H,11,15-16H2,1-3H3,(H,28,31,35)/t17-,25+/m1/s1. The van der Waals surface area contributed by atoms with Crippen LogP contribution < -0.4 is 15.4 Å². The van der Waals surface area contributed by atoms with Gasteiger partial charge >= 0.3 is 0 Å². The molecule has 3 heterocycles. The van der Waals surface area contributed by atoms with Crippen molar-refractivity contribution in [3.63, 3.8) is 0 Å². The number of aromatic nitrogens is 3. The lowest BCUT2D eigenvalue weighted by Crippen LogP contribution is -2.55. The molecule has 1 aliphatic heterocycles. The van der Waals surface area contributed by atoms with Crippen LogP contribution in [-0.2, 0) is 16.6 Å². The lowest BCUT2D eigenvalue weighted by Gasteiger charge is -2.38. The number of hydrogen-bond donors (Lipinski definition) is 2. The third-order valence-corrected chi connectivity index (χ3v) is 6.14. The minimum atomic E-state index is -0.634. The highest BCUT2D eigenvalue weighted by atomic mass is 16.5. The molecule has 0 spiro atoms. The molecular formula is C26H29N7O3. The highest BCUT2D eigenvalue weighted by Gasteiger charge is 2.30. The van der Waals surface area contributed by atoms with E-state index in [1.165, 1.54) is 6.92 Å². The monoisotopic (exact) mass is 487 g/mol. The smallest absolute Gasteiger partial charge is 0.247 e. The lowest BCUT2D eigenvalue weighted by molar-refractivity contribution is -0.137. The summed E-state index contributed by atoms with van der Waals surface area (Å²) in [5.41, 5.74) is 2.42. The minimum Gasteiger partial charge on any atom is -0.485 e. The van der Waals surface area contributed by atoms with Crippen molar-refractivity contribution in [2.75, 3.05) is 25.0 Å². The maximum Gasteiger partial charge on any atom is 0.247 e. The normalized spacial score (nSPS) is 14.9. The second-order valence-electron chi connectivity index (χ2n) is 8.96. The molecule has 186 valence electrons. The summed E-state index contributed by atoms with van der Waals surface area (Å²) in [5.74, 6) is 0.882. The maximum absolute atomic E-state index is 13.2. The van der Waals surface area contributed by atoms with Crippen LogP contribution in [0.5, 0.6) is 5.75 Å². The summed E-state index contributed by atoms with van der Waals surface area (Å²) < 4.78 is 7.47. The van der Waals surface area contributed by atoms with Crippen molar-refractivity contribution in [2.24, 2.45) is 7.05 Å². The first kappa shape index (κ1) is 24.9.